The molecule has 0 aliphatic carbocycles. The standard InChI is InChI=1S/C19H21BrN2O3S/c1-14-3-2-12-22(13-14)26(24,25)18-10-4-15(5-11-18)19(23)21-17-8-6-16(20)7-9-17/h4-11,14H,2-3,12-13H2,1H3,(H,21,23). The van der Waals surface area contributed by atoms with Crippen molar-refractivity contribution in [3.8, 4) is 0 Å². The van der Waals surface area contributed by atoms with Crippen LogP contribution in [0.25, 0.3) is 0 Å². The molecule has 1 unspecified atom stereocenters. The molecule has 26 heavy (non-hydrogen) atoms. The number of amides is 1. The Morgan fingerprint density at radius 1 is 1.12 bits per heavy atom. The van der Waals surface area contributed by atoms with Crippen molar-refractivity contribution in [3.05, 3.63) is 58.6 Å². The molecule has 1 aliphatic heterocycles. The highest BCUT2D eigenvalue weighted by atomic mass is 79.9. The minimum atomic E-state index is -3.50. The fraction of sp³-hybridized carbons (Fsp3) is 0.316. The van der Waals surface area contributed by atoms with Crippen molar-refractivity contribution in [3.63, 3.8) is 0 Å². The number of benzene rings is 2. The van der Waals surface area contributed by atoms with Gasteiger partial charge in [0.1, 0.15) is 0 Å². The highest BCUT2D eigenvalue weighted by Gasteiger charge is 2.28. The minimum absolute atomic E-state index is 0.229. The first-order valence-electron chi connectivity index (χ1n) is 8.53. The van der Waals surface area contributed by atoms with Gasteiger partial charge in [-0.3, -0.25) is 4.79 Å². The quantitative estimate of drug-likeness (QED) is 0.783. The van der Waals surface area contributed by atoms with Crippen molar-refractivity contribution >= 4 is 37.5 Å². The highest BCUT2D eigenvalue weighted by molar-refractivity contribution is 9.10. The minimum Gasteiger partial charge on any atom is -0.322 e. The van der Waals surface area contributed by atoms with Crippen LogP contribution in [-0.2, 0) is 10.0 Å². The number of hydrogen-bond donors (Lipinski definition) is 1. The molecule has 138 valence electrons. The number of nitrogens with one attached hydrogen (secondary N) is 1. The summed E-state index contributed by atoms with van der Waals surface area (Å²) in [6.07, 6.45) is 1.94. The van der Waals surface area contributed by atoms with Gasteiger partial charge < -0.3 is 5.32 Å². The van der Waals surface area contributed by atoms with Crippen LogP contribution < -0.4 is 5.32 Å². The van der Waals surface area contributed by atoms with Crippen LogP contribution in [0.15, 0.2) is 57.9 Å². The van der Waals surface area contributed by atoms with Gasteiger partial charge in [-0.2, -0.15) is 4.31 Å². The lowest BCUT2D eigenvalue weighted by atomic mass is 10.0. The molecule has 1 N–H and O–H groups in total. The number of hydrogen-bond acceptors (Lipinski definition) is 3. The van der Waals surface area contributed by atoms with E-state index in [4.69, 9.17) is 0 Å². The van der Waals surface area contributed by atoms with E-state index in [1.807, 2.05) is 12.1 Å². The molecule has 2 aromatic carbocycles. The number of anilines is 1. The molecule has 3 rings (SSSR count). The molecule has 7 heteroatoms. The molecule has 1 saturated heterocycles. The molecule has 0 spiro atoms. The normalized spacial score (nSPS) is 18.5. The van der Waals surface area contributed by atoms with Crippen LogP contribution in [0.5, 0.6) is 0 Å². The number of rotatable bonds is 4. The van der Waals surface area contributed by atoms with Gasteiger partial charge >= 0.3 is 0 Å². The Hall–Kier alpha value is -1.70. The average molecular weight is 437 g/mol. The molecule has 1 aliphatic rings. The van der Waals surface area contributed by atoms with Crippen molar-refractivity contribution in [2.24, 2.45) is 5.92 Å². The highest BCUT2D eigenvalue weighted by Crippen LogP contribution is 2.24. The second kappa shape index (κ2) is 7.90. The first-order valence-corrected chi connectivity index (χ1v) is 10.8. The molecule has 2 aromatic rings. The summed E-state index contributed by atoms with van der Waals surface area (Å²) in [6.45, 7) is 3.17. The summed E-state index contributed by atoms with van der Waals surface area (Å²) in [5, 5.41) is 2.79. The summed E-state index contributed by atoms with van der Waals surface area (Å²) in [5.74, 6) is 0.0948. The van der Waals surface area contributed by atoms with Crippen molar-refractivity contribution in [1.29, 1.82) is 0 Å². The number of sulfonamides is 1. The van der Waals surface area contributed by atoms with E-state index in [1.165, 1.54) is 16.4 Å². The van der Waals surface area contributed by atoms with E-state index >= 15 is 0 Å². The van der Waals surface area contributed by atoms with Crippen molar-refractivity contribution in [2.45, 2.75) is 24.7 Å². The van der Waals surface area contributed by atoms with E-state index in [-0.39, 0.29) is 10.8 Å². The smallest absolute Gasteiger partial charge is 0.255 e. The van der Waals surface area contributed by atoms with E-state index in [0.29, 0.717) is 30.3 Å². The van der Waals surface area contributed by atoms with Gasteiger partial charge in [0.2, 0.25) is 10.0 Å². The summed E-state index contributed by atoms with van der Waals surface area (Å²) in [6, 6.07) is 13.4. The number of nitrogens with zero attached hydrogens (tertiary/aromatic N) is 1. The van der Waals surface area contributed by atoms with Crippen LogP contribution in [-0.4, -0.2) is 31.7 Å². The molecule has 0 saturated carbocycles. The van der Waals surface area contributed by atoms with Gasteiger partial charge in [-0.15, -0.1) is 0 Å². The fourth-order valence-electron chi connectivity index (χ4n) is 3.03. The average Bonchev–Trinajstić information content (AvgIpc) is 2.64. The van der Waals surface area contributed by atoms with Gasteiger partial charge in [-0.05, 0) is 67.3 Å². The molecular weight excluding hydrogens is 416 g/mol. The van der Waals surface area contributed by atoms with Gasteiger partial charge in [0.25, 0.3) is 5.91 Å². The summed E-state index contributed by atoms with van der Waals surface area (Å²) >= 11 is 3.35. The maximum Gasteiger partial charge on any atom is 0.255 e. The zero-order valence-corrected chi connectivity index (χ0v) is 16.9. The number of carbonyl (C=O) groups is 1. The topological polar surface area (TPSA) is 66.5 Å². The molecule has 1 amide bonds. The van der Waals surface area contributed by atoms with Crippen molar-refractivity contribution in [1.82, 2.24) is 4.31 Å². The monoisotopic (exact) mass is 436 g/mol. The van der Waals surface area contributed by atoms with Gasteiger partial charge in [0.15, 0.2) is 0 Å². The second-order valence-corrected chi connectivity index (χ2v) is 9.45. The van der Waals surface area contributed by atoms with Crippen LogP contribution in [0.4, 0.5) is 5.69 Å². The maximum absolute atomic E-state index is 12.8. The third-order valence-corrected chi connectivity index (χ3v) is 6.88. The first kappa shape index (κ1) is 19.1. The van der Waals surface area contributed by atoms with E-state index in [2.05, 4.69) is 28.2 Å². The van der Waals surface area contributed by atoms with Gasteiger partial charge in [-0.25, -0.2) is 8.42 Å². The third kappa shape index (κ3) is 4.34. The number of halogens is 1. The Labute approximate surface area is 162 Å². The van der Waals surface area contributed by atoms with E-state index in [1.54, 1.807) is 24.3 Å². The summed E-state index contributed by atoms with van der Waals surface area (Å²) < 4.78 is 28.0. The lowest BCUT2D eigenvalue weighted by molar-refractivity contribution is 0.102. The van der Waals surface area contributed by atoms with Crippen LogP contribution in [0.3, 0.4) is 0 Å². The summed E-state index contributed by atoms with van der Waals surface area (Å²) in [5.41, 5.74) is 1.09. The maximum atomic E-state index is 12.8. The molecule has 1 heterocycles. The Balaban J connectivity index is 1.73. The van der Waals surface area contributed by atoms with Crippen LogP contribution in [0.1, 0.15) is 30.1 Å². The van der Waals surface area contributed by atoms with Crippen molar-refractivity contribution in [2.75, 3.05) is 18.4 Å². The molecule has 0 aromatic heterocycles. The Morgan fingerprint density at radius 3 is 2.38 bits per heavy atom. The van der Waals surface area contributed by atoms with E-state index < -0.39 is 10.0 Å². The Morgan fingerprint density at radius 2 is 1.77 bits per heavy atom. The zero-order chi connectivity index (χ0) is 18.7. The summed E-state index contributed by atoms with van der Waals surface area (Å²) in [4.78, 5) is 12.6. The molecule has 1 atom stereocenters. The van der Waals surface area contributed by atoms with Gasteiger partial charge in [0, 0.05) is 28.8 Å². The van der Waals surface area contributed by atoms with E-state index in [9.17, 15) is 13.2 Å². The molecular formula is C19H21BrN2O3S. The van der Waals surface area contributed by atoms with Crippen LogP contribution >= 0.6 is 15.9 Å². The predicted molar refractivity (Wildman–Crippen MR) is 106 cm³/mol. The van der Waals surface area contributed by atoms with Gasteiger partial charge in [0.05, 0.1) is 4.90 Å². The molecule has 5 nitrogen and oxygen atoms in total. The second-order valence-electron chi connectivity index (χ2n) is 6.60. The lowest BCUT2D eigenvalue weighted by Crippen LogP contribution is -2.39. The summed E-state index contributed by atoms with van der Waals surface area (Å²) in [7, 11) is -3.50. The largest absolute Gasteiger partial charge is 0.322 e. The zero-order valence-electron chi connectivity index (χ0n) is 14.5. The SMILES string of the molecule is CC1CCCN(S(=O)(=O)c2ccc(C(=O)Nc3ccc(Br)cc3)cc2)C1. The van der Waals surface area contributed by atoms with Gasteiger partial charge in [-0.1, -0.05) is 22.9 Å². The predicted octanol–water partition coefficient (Wildman–Crippen LogP) is 4.12. The molecule has 1 fully saturated rings. The van der Waals surface area contributed by atoms with Crippen LogP contribution in [0.2, 0.25) is 0 Å². The Kier molecular flexibility index (Phi) is 5.79. The molecule has 0 bridgehead atoms. The van der Waals surface area contributed by atoms with Crippen molar-refractivity contribution < 1.29 is 13.2 Å². The Bertz CT molecular complexity index is 880. The number of piperidine rings is 1. The lowest BCUT2D eigenvalue weighted by Gasteiger charge is -2.30. The third-order valence-electron chi connectivity index (χ3n) is 4.48. The van der Waals surface area contributed by atoms with Crippen LogP contribution in [0, 0.1) is 5.92 Å². The number of carbonyl (C=O) groups excluding carboxylic acids is 1. The first-order chi connectivity index (χ1) is 12.4. The fourth-order valence-corrected chi connectivity index (χ4v) is 4.89. The molecule has 0 radical (unpaired) electrons. The van der Waals surface area contributed by atoms with E-state index in [0.717, 1.165) is 17.3 Å².